The number of primary amides is 1. The van der Waals surface area contributed by atoms with E-state index in [0.717, 1.165) is 0 Å². The SMILES string of the molecule is Cc1c(NS(=O)(=O)c2ccccc2)cccc1C(=O)Nc1ccc(C(N)=O)cc1. The molecule has 7 nitrogen and oxygen atoms in total. The van der Waals surface area contributed by atoms with Gasteiger partial charge < -0.3 is 11.1 Å². The number of carbonyl (C=O) groups excluding carboxylic acids is 2. The zero-order valence-corrected chi connectivity index (χ0v) is 16.4. The fourth-order valence-corrected chi connectivity index (χ4v) is 3.86. The lowest BCUT2D eigenvalue weighted by atomic mass is 10.1. The molecule has 3 aromatic rings. The van der Waals surface area contributed by atoms with Crippen molar-refractivity contribution in [3.05, 3.63) is 89.5 Å². The van der Waals surface area contributed by atoms with Crippen LogP contribution in [0.15, 0.2) is 77.7 Å². The number of hydrogen-bond donors (Lipinski definition) is 3. The number of carbonyl (C=O) groups is 2. The van der Waals surface area contributed by atoms with E-state index in [1.807, 2.05) is 0 Å². The zero-order chi connectivity index (χ0) is 21.0. The molecule has 0 saturated heterocycles. The molecule has 3 rings (SSSR count). The Bertz CT molecular complexity index is 1160. The summed E-state index contributed by atoms with van der Waals surface area (Å²) in [4.78, 5) is 23.9. The molecule has 0 radical (unpaired) electrons. The maximum Gasteiger partial charge on any atom is 0.261 e. The Labute approximate surface area is 168 Å². The van der Waals surface area contributed by atoms with Crippen LogP contribution in [-0.2, 0) is 10.0 Å². The predicted octanol–water partition coefficient (Wildman–Crippen LogP) is 3.15. The van der Waals surface area contributed by atoms with Gasteiger partial charge in [-0.15, -0.1) is 0 Å². The van der Waals surface area contributed by atoms with Crippen molar-refractivity contribution < 1.29 is 18.0 Å². The van der Waals surface area contributed by atoms with Crippen LogP contribution in [0.2, 0.25) is 0 Å². The van der Waals surface area contributed by atoms with Crippen LogP contribution in [0.1, 0.15) is 26.3 Å². The molecule has 8 heteroatoms. The molecule has 0 aliphatic carbocycles. The molecule has 148 valence electrons. The lowest BCUT2D eigenvalue weighted by molar-refractivity contribution is 0.0998. The number of anilines is 2. The molecule has 0 aliphatic rings. The monoisotopic (exact) mass is 409 g/mol. The highest BCUT2D eigenvalue weighted by atomic mass is 32.2. The second-order valence-electron chi connectivity index (χ2n) is 6.29. The number of sulfonamides is 1. The van der Waals surface area contributed by atoms with Gasteiger partial charge in [-0.3, -0.25) is 14.3 Å². The number of amides is 2. The van der Waals surface area contributed by atoms with E-state index in [-0.39, 0.29) is 4.90 Å². The Morgan fingerprint density at radius 1 is 0.862 bits per heavy atom. The summed E-state index contributed by atoms with van der Waals surface area (Å²) in [5.74, 6) is -0.966. The van der Waals surface area contributed by atoms with Crippen LogP contribution in [0, 0.1) is 6.92 Å². The molecule has 0 atom stereocenters. The normalized spacial score (nSPS) is 10.9. The summed E-state index contributed by atoms with van der Waals surface area (Å²) in [6, 6.07) is 18.9. The van der Waals surface area contributed by atoms with Crippen LogP contribution >= 0.6 is 0 Å². The number of hydrogen-bond acceptors (Lipinski definition) is 4. The smallest absolute Gasteiger partial charge is 0.261 e. The van der Waals surface area contributed by atoms with E-state index in [9.17, 15) is 18.0 Å². The second kappa shape index (κ2) is 8.15. The van der Waals surface area contributed by atoms with Gasteiger partial charge in [-0.25, -0.2) is 8.42 Å². The lowest BCUT2D eigenvalue weighted by Gasteiger charge is -2.14. The molecule has 4 N–H and O–H groups in total. The summed E-state index contributed by atoms with van der Waals surface area (Å²) >= 11 is 0. The standard InChI is InChI=1S/C21H19N3O4S/c1-14-18(21(26)23-16-12-10-15(11-13-16)20(22)25)8-5-9-19(14)24-29(27,28)17-6-3-2-4-7-17/h2-13,24H,1H3,(H2,22,25)(H,23,26). The predicted molar refractivity (Wildman–Crippen MR) is 111 cm³/mol. The van der Waals surface area contributed by atoms with E-state index in [1.54, 1.807) is 55.5 Å². The summed E-state index contributed by atoms with van der Waals surface area (Å²) in [5, 5.41) is 2.72. The van der Waals surface area contributed by atoms with Crippen molar-refractivity contribution in [3.8, 4) is 0 Å². The molecule has 0 fully saturated rings. The van der Waals surface area contributed by atoms with Crippen LogP contribution in [0.4, 0.5) is 11.4 Å². The van der Waals surface area contributed by atoms with E-state index in [4.69, 9.17) is 5.73 Å². The molecule has 2 amide bonds. The third-order valence-electron chi connectivity index (χ3n) is 4.30. The first-order valence-corrected chi connectivity index (χ1v) is 10.1. The fourth-order valence-electron chi connectivity index (χ4n) is 2.71. The van der Waals surface area contributed by atoms with Crippen LogP contribution in [0.3, 0.4) is 0 Å². The summed E-state index contributed by atoms with van der Waals surface area (Å²) in [6.45, 7) is 1.66. The van der Waals surface area contributed by atoms with Crippen molar-refractivity contribution in [2.45, 2.75) is 11.8 Å². The average Bonchev–Trinajstić information content (AvgIpc) is 2.70. The minimum absolute atomic E-state index is 0.129. The number of nitrogens with one attached hydrogen (secondary N) is 2. The van der Waals surface area contributed by atoms with Crippen LogP contribution in [-0.4, -0.2) is 20.2 Å². The van der Waals surface area contributed by atoms with E-state index in [0.29, 0.717) is 28.1 Å². The van der Waals surface area contributed by atoms with Crippen molar-refractivity contribution in [2.24, 2.45) is 5.73 Å². The van der Waals surface area contributed by atoms with Gasteiger partial charge in [0.2, 0.25) is 5.91 Å². The van der Waals surface area contributed by atoms with Gasteiger partial charge in [-0.2, -0.15) is 0 Å². The first-order valence-electron chi connectivity index (χ1n) is 8.66. The molecule has 29 heavy (non-hydrogen) atoms. The minimum Gasteiger partial charge on any atom is -0.366 e. The van der Waals surface area contributed by atoms with Gasteiger partial charge in [-0.1, -0.05) is 24.3 Å². The van der Waals surface area contributed by atoms with Crippen molar-refractivity contribution in [3.63, 3.8) is 0 Å². The van der Waals surface area contributed by atoms with Crippen molar-refractivity contribution >= 4 is 33.2 Å². The van der Waals surface area contributed by atoms with Crippen LogP contribution < -0.4 is 15.8 Å². The molecular formula is C21H19N3O4S. The van der Waals surface area contributed by atoms with Gasteiger partial charge in [0.1, 0.15) is 0 Å². The summed E-state index contributed by atoms with van der Waals surface area (Å²) in [7, 11) is -3.78. The largest absolute Gasteiger partial charge is 0.366 e. The first kappa shape index (κ1) is 20.1. The van der Waals surface area contributed by atoms with Gasteiger partial charge >= 0.3 is 0 Å². The van der Waals surface area contributed by atoms with Crippen LogP contribution in [0.5, 0.6) is 0 Å². The Morgan fingerprint density at radius 3 is 2.14 bits per heavy atom. The third kappa shape index (κ3) is 4.61. The summed E-state index contributed by atoms with van der Waals surface area (Å²) < 4.78 is 27.6. The van der Waals surface area contributed by atoms with Crippen molar-refractivity contribution in [2.75, 3.05) is 10.0 Å². The molecule has 0 aliphatic heterocycles. The maximum absolute atomic E-state index is 12.7. The third-order valence-corrected chi connectivity index (χ3v) is 5.68. The zero-order valence-electron chi connectivity index (χ0n) is 15.5. The summed E-state index contributed by atoms with van der Waals surface area (Å²) in [5.41, 5.74) is 7.13. The minimum atomic E-state index is -3.78. The van der Waals surface area contributed by atoms with E-state index in [2.05, 4.69) is 10.0 Å². The van der Waals surface area contributed by atoms with Gasteiger partial charge in [-0.05, 0) is 61.0 Å². The maximum atomic E-state index is 12.7. The molecule has 0 spiro atoms. The number of rotatable bonds is 6. The van der Waals surface area contributed by atoms with Crippen molar-refractivity contribution in [1.82, 2.24) is 0 Å². The van der Waals surface area contributed by atoms with Gasteiger partial charge in [0.25, 0.3) is 15.9 Å². The Balaban J connectivity index is 1.82. The van der Waals surface area contributed by atoms with Gasteiger partial charge in [0.15, 0.2) is 0 Å². The fraction of sp³-hybridized carbons (Fsp3) is 0.0476. The van der Waals surface area contributed by atoms with Gasteiger partial charge in [0.05, 0.1) is 10.6 Å². The molecule has 0 saturated carbocycles. The number of benzene rings is 3. The molecule has 0 bridgehead atoms. The molecular weight excluding hydrogens is 390 g/mol. The highest BCUT2D eigenvalue weighted by Crippen LogP contribution is 2.23. The Kier molecular flexibility index (Phi) is 5.65. The molecule has 0 unspecified atom stereocenters. The van der Waals surface area contributed by atoms with Crippen LogP contribution in [0.25, 0.3) is 0 Å². The van der Waals surface area contributed by atoms with E-state index < -0.39 is 21.8 Å². The van der Waals surface area contributed by atoms with Crippen molar-refractivity contribution in [1.29, 1.82) is 0 Å². The Hall–Kier alpha value is -3.65. The topological polar surface area (TPSA) is 118 Å². The second-order valence-corrected chi connectivity index (χ2v) is 7.97. The van der Waals surface area contributed by atoms with E-state index in [1.165, 1.54) is 24.3 Å². The highest BCUT2D eigenvalue weighted by molar-refractivity contribution is 7.92. The van der Waals surface area contributed by atoms with E-state index >= 15 is 0 Å². The highest BCUT2D eigenvalue weighted by Gasteiger charge is 2.18. The Morgan fingerprint density at radius 2 is 1.52 bits per heavy atom. The molecule has 3 aromatic carbocycles. The first-order chi connectivity index (χ1) is 13.8. The lowest BCUT2D eigenvalue weighted by Crippen LogP contribution is -2.17. The summed E-state index contributed by atoms with van der Waals surface area (Å²) in [6.07, 6.45) is 0. The molecule has 0 aromatic heterocycles. The molecule has 0 heterocycles. The van der Waals surface area contributed by atoms with Gasteiger partial charge in [0, 0.05) is 16.8 Å². The number of nitrogens with two attached hydrogens (primary N) is 1. The quantitative estimate of drug-likeness (QED) is 0.579. The average molecular weight is 409 g/mol.